The third-order valence-electron chi connectivity index (χ3n) is 4.83. The van der Waals surface area contributed by atoms with Crippen molar-refractivity contribution >= 4 is 11.8 Å². The number of benzene rings is 2. The SMILES string of the molecule is CCCCCN(C)C1Cc2ccccc2C1Sc1ccccc1. The zero-order valence-corrected chi connectivity index (χ0v) is 15.1. The fourth-order valence-corrected chi connectivity index (χ4v) is 4.91. The first kappa shape index (κ1) is 16.6. The summed E-state index contributed by atoms with van der Waals surface area (Å²) in [5, 5.41) is 0.542. The number of hydrogen-bond acceptors (Lipinski definition) is 2. The van der Waals surface area contributed by atoms with Crippen molar-refractivity contribution in [2.45, 2.75) is 48.8 Å². The third kappa shape index (κ3) is 3.99. The highest BCUT2D eigenvalue weighted by atomic mass is 32.2. The number of hydrogen-bond donors (Lipinski definition) is 0. The fraction of sp³-hybridized carbons (Fsp3) is 0.429. The van der Waals surface area contributed by atoms with Crippen LogP contribution in [0, 0.1) is 0 Å². The number of fused-ring (bicyclic) bond motifs is 1. The van der Waals surface area contributed by atoms with E-state index in [1.165, 1.54) is 48.3 Å². The lowest BCUT2D eigenvalue weighted by molar-refractivity contribution is 0.241. The third-order valence-corrected chi connectivity index (χ3v) is 6.19. The van der Waals surface area contributed by atoms with Crippen molar-refractivity contribution in [2.75, 3.05) is 13.6 Å². The van der Waals surface area contributed by atoms with E-state index in [0.717, 1.165) is 0 Å². The van der Waals surface area contributed by atoms with Crippen LogP contribution < -0.4 is 0 Å². The van der Waals surface area contributed by atoms with Crippen LogP contribution in [-0.2, 0) is 6.42 Å². The van der Waals surface area contributed by atoms with Crippen LogP contribution in [0.2, 0.25) is 0 Å². The molecule has 2 aromatic rings. The Morgan fingerprint density at radius 2 is 1.74 bits per heavy atom. The Hall–Kier alpha value is -1.25. The van der Waals surface area contributed by atoms with Gasteiger partial charge in [0.05, 0.1) is 5.25 Å². The highest BCUT2D eigenvalue weighted by Gasteiger charge is 2.35. The smallest absolute Gasteiger partial charge is 0.0505 e. The largest absolute Gasteiger partial charge is 0.302 e. The number of rotatable bonds is 7. The molecule has 3 rings (SSSR count). The zero-order chi connectivity index (χ0) is 16.1. The average molecular weight is 326 g/mol. The molecule has 0 saturated carbocycles. The second-order valence-corrected chi connectivity index (χ2v) is 7.72. The standard InChI is InChI=1S/C21H27NS/c1-3-4-10-15-22(2)20-16-17-11-8-9-14-19(17)21(20)23-18-12-6-5-7-13-18/h5-9,11-14,20-21H,3-4,10,15-16H2,1-2H3. The van der Waals surface area contributed by atoms with Crippen LogP contribution >= 0.6 is 11.8 Å². The minimum absolute atomic E-state index is 0.542. The molecule has 2 atom stereocenters. The van der Waals surface area contributed by atoms with Gasteiger partial charge in [-0.15, -0.1) is 11.8 Å². The van der Waals surface area contributed by atoms with E-state index in [-0.39, 0.29) is 0 Å². The van der Waals surface area contributed by atoms with Crippen molar-refractivity contribution in [3.8, 4) is 0 Å². The van der Waals surface area contributed by atoms with Crippen LogP contribution in [0.3, 0.4) is 0 Å². The molecule has 2 aromatic carbocycles. The quantitative estimate of drug-likeness (QED) is 0.613. The van der Waals surface area contributed by atoms with Crippen molar-refractivity contribution in [3.63, 3.8) is 0 Å². The lowest BCUT2D eigenvalue weighted by Gasteiger charge is -2.30. The van der Waals surface area contributed by atoms with Gasteiger partial charge in [0.2, 0.25) is 0 Å². The summed E-state index contributed by atoms with van der Waals surface area (Å²) < 4.78 is 0. The highest BCUT2D eigenvalue weighted by molar-refractivity contribution is 7.99. The minimum atomic E-state index is 0.542. The summed E-state index contributed by atoms with van der Waals surface area (Å²) in [6.45, 7) is 3.48. The molecule has 23 heavy (non-hydrogen) atoms. The monoisotopic (exact) mass is 325 g/mol. The summed E-state index contributed by atoms with van der Waals surface area (Å²) in [5.41, 5.74) is 3.07. The Kier molecular flexibility index (Phi) is 5.80. The van der Waals surface area contributed by atoms with Crippen LogP contribution in [0.25, 0.3) is 0 Å². The number of unbranched alkanes of at least 4 members (excludes halogenated alkanes) is 2. The molecule has 0 fully saturated rings. The van der Waals surface area contributed by atoms with Crippen LogP contribution in [0.15, 0.2) is 59.5 Å². The van der Waals surface area contributed by atoms with Gasteiger partial charge in [0.15, 0.2) is 0 Å². The number of nitrogens with zero attached hydrogens (tertiary/aromatic N) is 1. The molecule has 1 aliphatic rings. The second kappa shape index (κ2) is 8.03. The van der Waals surface area contributed by atoms with Crippen molar-refractivity contribution in [2.24, 2.45) is 0 Å². The minimum Gasteiger partial charge on any atom is -0.302 e. The van der Waals surface area contributed by atoms with Crippen LogP contribution in [0.4, 0.5) is 0 Å². The first-order chi connectivity index (χ1) is 11.3. The van der Waals surface area contributed by atoms with E-state index in [1.807, 2.05) is 11.8 Å². The Bertz CT molecular complexity index is 610. The molecule has 0 bridgehead atoms. The summed E-state index contributed by atoms with van der Waals surface area (Å²) in [7, 11) is 2.31. The van der Waals surface area contributed by atoms with Crippen molar-refractivity contribution < 1.29 is 0 Å². The van der Waals surface area contributed by atoms with Gasteiger partial charge >= 0.3 is 0 Å². The summed E-state index contributed by atoms with van der Waals surface area (Å²) in [4.78, 5) is 3.97. The molecule has 0 radical (unpaired) electrons. The maximum absolute atomic E-state index is 2.59. The maximum atomic E-state index is 2.59. The maximum Gasteiger partial charge on any atom is 0.0505 e. The van der Waals surface area contributed by atoms with Crippen LogP contribution in [-0.4, -0.2) is 24.5 Å². The molecule has 0 aromatic heterocycles. The van der Waals surface area contributed by atoms with E-state index in [1.54, 1.807) is 0 Å². The van der Waals surface area contributed by atoms with Crippen LogP contribution in [0.5, 0.6) is 0 Å². The zero-order valence-electron chi connectivity index (χ0n) is 14.2. The van der Waals surface area contributed by atoms with Gasteiger partial charge in [-0.1, -0.05) is 62.2 Å². The summed E-state index contributed by atoms with van der Waals surface area (Å²) in [6, 6.07) is 20.5. The predicted molar refractivity (Wildman–Crippen MR) is 101 cm³/mol. The van der Waals surface area contributed by atoms with Gasteiger partial charge in [-0.3, -0.25) is 0 Å². The number of thioether (sulfide) groups is 1. The Morgan fingerprint density at radius 1 is 1.00 bits per heavy atom. The summed E-state index contributed by atoms with van der Waals surface area (Å²) in [6.07, 6.45) is 5.12. The van der Waals surface area contributed by atoms with Crippen molar-refractivity contribution in [3.05, 3.63) is 65.7 Å². The van der Waals surface area contributed by atoms with Gasteiger partial charge in [0.1, 0.15) is 0 Å². The second-order valence-electron chi connectivity index (χ2n) is 6.51. The Balaban J connectivity index is 1.78. The first-order valence-electron chi connectivity index (χ1n) is 8.79. The normalized spacial score (nSPS) is 20.0. The fourth-order valence-electron chi connectivity index (χ4n) is 3.49. The average Bonchev–Trinajstić information content (AvgIpc) is 2.95. The van der Waals surface area contributed by atoms with E-state index >= 15 is 0 Å². The van der Waals surface area contributed by atoms with E-state index in [9.17, 15) is 0 Å². The molecule has 2 heteroatoms. The van der Waals surface area contributed by atoms with Crippen molar-refractivity contribution in [1.82, 2.24) is 4.90 Å². The molecule has 0 N–H and O–H groups in total. The summed E-state index contributed by atoms with van der Waals surface area (Å²) in [5.74, 6) is 0. The molecule has 0 heterocycles. The molecular formula is C21H27NS. The molecule has 1 aliphatic carbocycles. The molecular weight excluding hydrogens is 298 g/mol. The molecule has 0 saturated heterocycles. The molecule has 0 amide bonds. The summed E-state index contributed by atoms with van der Waals surface area (Å²) >= 11 is 2.03. The van der Waals surface area contributed by atoms with Gasteiger partial charge in [0, 0.05) is 10.9 Å². The molecule has 0 aliphatic heterocycles. The van der Waals surface area contributed by atoms with Gasteiger partial charge in [-0.25, -0.2) is 0 Å². The molecule has 0 spiro atoms. The molecule has 2 unspecified atom stereocenters. The molecule has 122 valence electrons. The highest BCUT2D eigenvalue weighted by Crippen LogP contribution is 2.46. The predicted octanol–water partition coefficient (Wildman–Crippen LogP) is 5.57. The Morgan fingerprint density at radius 3 is 2.52 bits per heavy atom. The van der Waals surface area contributed by atoms with Crippen molar-refractivity contribution in [1.29, 1.82) is 0 Å². The molecule has 1 nitrogen and oxygen atoms in total. The van der Waals surface area contributed by atoms with Crippen LogP contribution in [0.1, 0.15) is 42.6 Å². The van der Waals surface area contributed by atoms with Gasteiger partial charge in [0.25, 0.3) is 0 Å². The van der Waals surface area contributed by atoms with E-state index < -0.39 is 0 Å². The van der Waals surface area contributed by atoms with Gasteiger partial charge < -0.3 is 4.90 Å². The topological polar surface area (TPSA) is 3.24 Å². The van der Waals surface area contributed by atoms with E-state index in [4.69, 9.17) is 0 Å². The van der Waals surface area contributed by atoms with Gasteiger partial charge in [-0.2, -0.15) is 0 Å². The first-order valence-corrected chi connectivity index (χ1v) is 9.67. The van der Waals surface area contributed by atoms with E-state index in [2.05, 4.69) is 73.5 Å². The Labute approximate surface area is 145 Å². The number of likely N-dealkylation sites (N-methyl/N-ethyl adjacent to an activating group) is 1. The van der Waals surface area contributed by atoms with Gasteiger partial charge in [-0.05, 0) is 49.7 Å². The lowest BCUT2D eigenvalue weighted by Crippen LogP contribution is -2.34. The van der Waals surface area contributed by atoms with E-state index in [0.29, 0.717) is 11.3 Å². The lowest BCUT2D eigenvalue weighted by atomic mass is 10.1.